The summed E-state index contributed by atoms with van der Waals surface area (Å²) < 4.78 is 49.7. The number of fused-ring (bicyclic) bond motifs is 1. The number of ether oxygens (including phenoxy) is 6. The summed E-state index contributed by atoms with van der Waals surface area (Å²) >= 11 is 1.79. The van der Waals surface area contributed by atoms with Crippen LogP contribution >= 0.6 is 11.3 Å². The van der Waals surface area contributed by atoms with E-state index in [9.17, 15) is 19.2 Å². The zero-order valence-corrected chi connectivity index (χ0v) is 83.1. The third-order valence-corrected chi connectivity index (χ3v) is 28.2. The Morgan fingerprint density at radius 2 is 0.772 bits per heavy atom. The number of hydrogen-bond donors (Lipinski definition) is 0. The second kappa shape index (κ2) is 49.5. The average molecular weight is 1970 g/mol. The molecule has 0 bridgehead atoms. The van der Waals surface area contributed by atoms with E-state index in [1.54, 1.807) is 54.8 Å². The number of anilines is 4. The molecule has 0 atom stereocenters. The molecule has 145 heavy (non-hydrogen) atoms. The molecule has 750 valence electrons. The van der Waals surface area contributed by atoms with Crippen LogP contribution in [0.4, 0.5) is 22.7 Å². The van der Waals surface area contributed by atoms with Gasteiger partial charge in [-0.15, -0.1) is 11.3 Å². The SMILES string of the molecule is CCn1cc(CN2CCN(c3cnn(-c4ccccc4)c(=O)c3OCCc3ccccc3)CC2)cn1.O=c1c(OC2CCCCC2)c(N2CCN(Cc3ccoc3)CC2)cnn1-c1ccccc1.O=c1c(OC2CCN(Cc3ccccc3)CC2)c(N2CCN(Cc3ccc4c(c3)OCCO4)CC2)cnn1-c1ccccc1.O=c1c(OCc2cccnc2)c(N2CCN(Cc3cccs3)CC2)cnn1-c1ccccc1. The van der Waals surface area contributed by atoms with Crippen LogP contribution < -0.4 is 70.3 Å². The van der Waals surface area contributed by atoms with Crippen LogP contribution in [0.15, 0.2) is 322 Å². The number of rotatable bonds is 30. The van der Waals surface area contributed by atoms with Crippen LogP contribution in [0.25, 0.3) is 22.7 Å². The fraction of sp³-hybridized carbons (Fsp3) is 0.345. The molecule has 5 saturated heterocycles. The van der Waals surface area contributed by atoms with Crippen LogP contribution in [-0.4, -0.2) is 228 Å². The first-order valence-electron chi connectivity index (χ1n) is 50.8. The normalized spacial score (nSPS) is 16.2. The van der Waals surface area contributed by atoms with Crippen LogP contribution in [0, 0.1) is 0 Å². The van der Waals surface area contributed by atoms with E-state index in [1.807, 2.05) is 181 Å². The molecule has 7 aliphatic rings. The van der Waals surface area contributed by atoms with Gasteiger partial charge in [0, 0.05) is 204 Å². The predicted molar refractivity (Wildman–Crippen MR) is 565 cm³/mol. The van der Waals surface area contributed by atoms with Crippen molar-refractivity contribution in [3.05, 3.63) is 378 Å². The summed E-state index contributed by atoms with van der Waals surface area (Å²) in [5.74, 6) is 3.18. The molecule has 1 aliphatic carbocycles. The second-order valence-corrected chi connectivity index (χ2v) is 38.3. The molecule has 14 heterocycles. The number of benzene rings is 7. The Hall–Kier alpha value is -14.8. The summed E-state index contributed by atoms with van der Waals surface area (Å²) in [5.41, 5.74) is 12.2. The summed E-state index contributed by atoms with van der Waals surface area (Å²) in [5, 5.41) is 24.6. The van der Waals surface area contributed by atoms with E-state index < -0.39 is 0 Å². The number of para-hydroxylation sites is 4. The van der Waals surface area contributed by atoms with Crippen molar-refractivity contribution in [2.45, 2.75) is 116 Å². The molecule has 0 N–H and O–H groups in total. The van der Waals surface area contributed by atoms with E-state index in [1.165, 1.54) is 57.8 Å². The molecule has 0 amide bonds. The van der Waals surface area contributed by atoms with Crippen molar-refractivity contribution in [3.63, 3.8) is 0 Å². The molecule has 6 fully saturated rings. The van der Waals surface area contributed by atoms with E-state index in [0.29, 0.717) is 48.5 Å². The predicted octanol–water partition coefficient (Wildman–Crippen LogP) is 15.2. The molecule has 1 saturated carbocycles. The number of thiophene rings is 1. The van der Waals surface area contributed by atoms with Crippen molar-refractivity contribution in [2.75, 3.05) is 157 Å². The van der Waals surface area contributed by atoms with Crippen molar-refractivity contribution in [2.24, 2.45) is 0 Å². The van der Waals surface area contributed by atoms with Gasteiger partial charge in [-0.25, -0.2) is 0 Å². The lowest BCUT2D eigenvalue weighted by Crippen LogP contribution is -2.47. The molecule has 15 aromatic rings. The lowest BCUT2D eigenvalue weighted by molar-refractivity contribution is 0.0953. The first-order valence-corrected chi connectivity index (χ1v) is 51.7. The number of hydrogen-bond acceptors (Lipinski definition) is 27. The second-order valence-electron chi connectivity index (χ2n) is 37.3. The molecule has 22 rings (SSSR count). The monoisotopic (exact) mass is 1970 g/mol. The van der Waals surface area contributed by atoms with E-state index in [4.69, 9.17) is 32.8 Å². The highest BCUT2D eigenvalue weighted by Gasteiger charge is 2.33. The van der Waals surface area contributed by atoms with Gasteiger partial charge in [-0.1, -0.05) is 158 Å². The Kier molecular flexibility index (Phi) is 33.8. The number of aromatic nitrogens is 11. The Morgan fingerprint density at radius 1 is 0.352 bits per heavy atom. The number of furan rings is 1. The highest BCUT2D eigenvalue weighted by Crippen LogP contribution is 2.37. The van der Waals surface area contributed by atoms with Gasteiger partial charge in [-0.2, -0.15) is 44.2 Å². The first-order chi connectivity index (χ1) is 71.5. The van der Waals surface area contributed by atoms with Crippen molar-refractivity contribution >= 4 is 34.1 Å². The largest absolute Gasteiger partial charge is 0.486 e. The zero-order chi connectivity index (χ0) is 98.7. The lowest BCUT2D eigenvalue weighted by atomic mass is 9.98. The number of nitrogens with zero attached hydrogens (tertiary/aromatic N) is 20. The number of aryl methyl sites for hydroxylation is 1. The van der Waals surface area contributed by atoms with E-state index >= 15 is 0 Å². The maximum absolute atomic E-state index is 13.9. The third kappa shape index (κ3) is 26.1. The Balaban J connectivity index is 0.000000123. The maximum Gasteiger partial charge on any atom is 0.316 e. The van der Waals surface area contributed by atoms with E-state index in [2.05, 4.69) is 160 Å². The third-order valence-electron chi connectivity index (χ3n) is 27.4. The number of likely N-dealkylation sites (tertiary alicyclic amines) is 1. The maximum atomic E-state index is 13.9. The average Bonchev–Trinajstić information content (AvgIpc) is 0.997. The van der Waals surface area contributed by atoms with Gasteiger partial charge in [-0.3, -0.25) is 53.3 Å². The zero-order valence-electron chi connectivity index (χ0n) is 82.2. The van der Waals surface area contributed by atoms with Crippen LogP contribution in [0.1, 0.15) is 90.1 Å². The number of pyridine rings is 1. The van der Waals surface area contributed by atoms with E-state index in [0.717, 1.165) is 259 Å². The molecule has 0 spiro atoms. The van der Waals surface area contributed by atoms with Crippen molar-refractivity contribution in [1.29, 1.82) is 0 Å². The van der Waals surface area contributed by atoms with Gasteiger partial charge in [0.2, 0.25) is 23.0 Å². The number of piperidine rings is 1. The van der Waals surface area contributed by atoms with Gasteiger partial charge in [0.05, 0.1) is 79.0 Å². The summed E-state index contributed by atoms with van der Waals surface area (Å²) in [7, 11) is 0. The van der Waals surface area contributed by atoms with Crippen molar-refractivity contribution in [1.82, 2.24) is 78.4 Å². The van der Waals surface area contributed by atoms with Gasteiger partial charge >= 0.3 is 22.2 Å². The van der Waals surface area contributed by atoms with Crippen LogP contribution in [0.2, 0.25) is 0 Å². The Bertz CT molecular complexity index is 6810. The van der Waals surface area contributed by atoms with Crippen LogP contribution in [-0.2, 0) is 52.3 Å². The van der Waals surface area contributed by atoms with Crippen molar-refractivity contribution < 1.29 is 32.8 Å². The standard InChI is InChI=1S/C35H39N5O4.C28H32N6O2.C25H25N5O2S.C25H30N4O3/c41-35-34(44-30-13-15-37(16-14-30)25-27-7-3-1-4-8-27)31(24-36-40(35)29-9-5-2-6-10-29)39-19-17-38(18-20-39)26-28-11-12-32-33(23-28)43-22-21-42-32;1-2-33-22-24(19-29-33)21-31-14-16-32(17-15-31)26-20-30-34(25-11-7-4-8-12-25)28(35)27(26)36-18-13-23-9-5-3-6-10-23;31-25-24(32-19-20-6-4-10-26-16-20)23(17-27-30(25)21-7-2-1-3-8-21)29-13-11-28(12-14-29)18-22-9-5-15-33-22;30-25-24(32-22-9-5-2-6-10-22)23(17-26-29(25)21-7-3-1-4-8-21)28-14-12-27(13-15-28)18-20-11-16-31-19-20/h1-12,23-24,30H,13-22,25-26H2;3-12,19-20,22H,2,13-18,21H2,1H3;1-10,15-17H,11-14,18-19H2;1,3-4,7-8,11,16-17,19,22H,2,5-6,9-10,12-15,18H2. The van der Waals surface area contributed by atoms with Gasteiger partial charge in [-0.05, 0) is 146 Å². The fourth-order valence-electron chi connectivity index (χ4n) is 19.4. The summed E-state index contributed by atoms with van der Waals surface area (Å²) in [6.45, 7) is 24.8. The summed E-state index contributed by atoms with van der Waals surface area (Å²) in [6.07, 6.45) is 26.3. The number of piperazine rings is 4. The molecular weight excluding hydrogens is 1850 g/mol. The highest BCUT2D eigenvalue weighted by atomic mass is 32.1. The Morgan fingerprint density at radius 3 is 1.23 bits per heavy atom. The highest BCUT2D eigenvalue weighted by molar-refractivity contribution is 7.09. The minimum Gasteiger partial charge on any atom is -0.486 e. The van der Waals surface area contributed by atoms with Crippen LogP contribution in [0.5, 0.6) is 34.5 Å². The summed E-state index contributed by atoms with van der Waals surface area (Å²) in [6, 6.07) is 75.1. The minimum atomic E-state index is -0.261. The molecule has 32 heteroatoms. The molecule has 31 nitrogen and oxygen atoms in total. The molecular formula is C113H126N20O11S. The molecule has 8 aromatic heterocycles. The fourth-order valence-corrected chi connectivity index (χ4v) is 20.2. The van der Waals surface area contributed by atoms with Gasteiger partial charge in [0.25, 0.3) is 0 Å². The van der Waals surface area contributed by atoms with Gasteiger partial charge < -0.3 is 52.4 Å². The Labute approximate surface area is 848 Å². The molecule has 7 aromatic carbocycles. The topological polar surface area (TPSA) is 268 Å². The molecule has 0 unspecified atom stereocenters. The van der Waals surface area contributed by atoms with Crippen LogP contribution in [0.3, 0.4) is 0 Å². The molecule has 6 aliphatic heterocycles. The summed E-state index contributed by atoms with van der Waals surface area (Å²) in [4.78, 5) is 81.0. The van der Waals surface area contributed by atoms with Crippen molar-refractivity contribution in [3.8, 4) is 57.2 Å². The van der Waals surface area contributed by atoms with Gasteiger partial charge in [0.15, 0.2) is 11.5 Å². The lowest BCUT2D eigenvalue weighted by Gasteiger charge is -2.37. The first kappa shape index (κ1) is 99.0. The van der Waals surface area contributed by atoms with E-state index in [-0.39, 0.29) is 41.1 Å². The smallest absolute Gasteiger partial charge is 0.316 e. The quantitative estimate of drug-likeness (QED) is 0.0405. The minimum absolute atomic E-state index is 0.0170. The molecule has 0 radical (unpaired) electrons. The van der Waals surface area contributed by atoms with Gasteiger partial charge in [0.1, 0.15) is 48.7 Å².